The van der Waals surface area contributed by atoms with Crippen molar-refractivity contribution < 1.29 is 4.57 Å². The second kappa shape index (κ2) is 9.01. The maximum atomic E-state index is 2.48. The molecule has 0 aliphatic heterocycles. The van der Waals surface area contributed by atoms with Gasteiger partial charge in [0.1, 0.15) is 24.9 Å². The summed E-state index contributed by atoms with van der Waals surface area (Å²) in [6, 6.07) is 46.7. The molecule has 0 N–H and O–H groups in total. The largest absolute Gasteiger partial charge is 0.256 e. The molecule has 0 fully saturated rings. The van der Waals surface area contributed by atoms with Gasteiger partial charge in [-0.25, -0.2) is 0 Å². The Balaban J connectivity index is 1.81. The molecule has 0 spiro atoms. The number of hydrogen-bond acceptors (Lipinski definition) is 0. The summed E-state index contributed by atoms with van der Waals surface area (Å²) in [7, 11) is 0.329. The Hall–Kier alpha value is -3.80. The van der Waals surface area contributed by atoms with Crippen LogP contribution in [0.3, 0.4) is 0 Å². The molecule has 1 nitrogen and oxygen atoms in total. The summed E-state index contributed by atoms with van der Waals surface area (Å²) >= 11 is 0. The Kier molecular flexibility index (Phi) is 5.67. The number of aromatic nitrogens is 1. The van der Waals surface area contributed by atoms with Gasteiger partial charge in [-0.3, -0.25) is 0 Å². The lowest BCUT2D eigenvalue weighted by Gasteiger charge is -2.23. The SMILES string of the molecule is Cc1ccccc1-c1c2ccccc2c2cccc([P+](C)(c3ccccc3)c3ccccc3)c2[n+]1C. The van der Waals surface area contributed by atoms with E-state index >= 15 is 0 Å². The molecular weight excluding hydrogens is 453 g/mol. The minimum Gasteiger partial charge on any atom is -0.190 e. The molecule has 6 rings (SSSR count). The van der Waals surface area contributed by atoms with Crippen LogP contribution >= 0.6 is 7.26 Å². The fourth-order valence-corrected chi connectivity index (χ4v) is 9.19. The molecule has 0 unspecified atom stereocenters. The van der Waals surface area contributed by atoms with Crippen LogP contribution in [0.25, 0.3) is 32.9 Å². The van der Waals surface area contributed by atoms with Gasteiger partial charge in [-0.05, 0) is 61.0 Å². The van der Waals surface area contributed by atoms with Crippen molar-refractivity contribution in [2.45, 2.75) is 6.92 Å². The third-order valence-electron chi connectivity index (χ3n) is 7.59. The van der Waals surface area contributed by atoms with Crippen molar-refractivity contribution >= 4 is 44.9 Å². The molecule has 0 radical (unpaired) electrons. The van der Waals surface area contributed by atoms with Crippen molar-refractivity contribution in [3.8, 4) is 11.3 Å². The van der Waals surface area contributed by atoms with E-state index in [0.717, 1.165) is 0 Å². The van der Waals surface area contributed by atoms with Crippen molar-refractivity contribution in [2.75, 3.05) is 6.66 Å². The van der Waals surface area contributed by atoms with E-state index in [9.17, 15) is 0 Å². The lowest BCUT2D eigenvalue weighted by atomic mass is 9.97. The molecule has 0 aliphatic rings. The summed E-state index contributed by atoms with van der Waals surface area (Å²) in [6.07, 6.45) is 0. The van der Waals surface area contributed by atoms with E-state index in [1.807, 2.05) is 0 Å². The number of benzene rings is 5. The van der Waals surface area contributed by atoms with Crippen LogP contribution in [-0.2, 0) is 7.05 Å². The highest BCUT2D eigenvalue weighted by Gasteiger charge is 2.44. The number of aryl methyl sites for hydroxylation is 2. The summed E-state index contributed by atoms with van der Waals surface area (Å²) < 4.78 is 2.46. The van der Waals surface area contributed by atoms with Gasteiger partial charge < -0.3 is 0 Å². The van der Waals surface area contributed by atoms with E-state index in [-0.39, 0.29) is 0 Å². The summed E-state index contributed by atoms with van der Waals surface area (Å²) in [5.74, 6) is 0. The van der Waals surface area contributed by atoms with Crippen molar-refractivity contribution in [2.24, 2.45) is 7.05 Å². The molecular formula is C34H30NP+2. The fourth-order valence-electron chi connectivity index (χ4n) is 5.72. The number of fused-ring (bicyclic) bond motifs is 3. The number of para-hydroxylation sites is 1. The number of hydrogen-bond donors (Lipinski definition) is 0. The van der Waals surface area contributed by atoms with Crippen LogP contribution in [0.2, 0.25) is 0 Å². The Morgan fingerprint density at radius 1 is 0.528 bits per heavy atom. The van der Waals surface area contributed by atoms with E-state index in [0.29, 0.717) is 0 Å². The van der Waals surface area contributed by atoms with Gasteiger partial charge in [0.2, 0.25) is 5.69 Å². The standard InChI is InChI=1S/C34H30NP/c1-25-15-10-11-20-28(25)33-30-22-13-12-21-29(30)31-23-14-24-32(34(31)35(33)2)36(3,26-16-6-4-7-17-26)27-18-8-5-9-19-27/h4-24H,1-3H3/q+2. The van der Waals surface area contributed by atoms with Crippen LogP contribution in [0.5, 0.6) is 0 Å². The predicted molar refractivity (Wildman–Crippen MR) is 157 cm³/mol. The minimum absolute atomic E-state index is 1.27. The van der Waals surface area contributed by atoms with Crippen LogP contribution in [0.15, 0.2) is 127 Å². The molecule has 0 atom stereocenters. The molecule has 0 amide bonds. The smallest absolute Gasteiger partial charge is 0.190 e. The van der Waals surface area contributed by atoms with Crippen molar-refractivity contribution in [3.63, 3.8) is 0 Å². The van der Waals surface area contributed by atoms with Crippen LogP contribution in [0.1, 0.15) is 5.56 Å². The normalized spacial score (nSPS) is 11.8. The van der Waals surface area contributed by atoms with Gasteiger partial charge in [-0.2, -0.15) is 4.57 Å². The van der Waals surface area contributed by atoms with Crippen molar-refractivity contribution in [3.05, 3.63) is 133 Å². The molecule has 2 heteroatoms. The van der Waals surface area contributed by atoms with Crippen LogP contribution < -0.4 is 20.5 Å². The lowest BCUT2D eigenvalue weighted by molar-refractivity contribution is -0.631. The summed E-state index contributed by atoms with van der Waals surface area (Å²) in [4.78, 5) is 0. The highest BCUT2D eigenvalue weighted by atomic mass is 31.2. The first kappa shape index (κ1) is 22.7. The van der Waals surface area contributed by atoms with E-state index < -0.39 is 7.26 Å². The number of rotatable bonds is 4. The van der Waals surface area contributed by atoms with E-state index in [1.165, 1.54) is 54.4 Å². The Morgan fingerprint density at radius 3 is 1.69 bits per heavy atom. The van der Waals surface area contributed by atoms with Gasteiger partial charge in [0, 0.05) is 10.9 Å². The van der Waals surface area contributed by atoms with Gasteiger partial charge in [0.15, 0.2) is 5.30 Å². The molecule has 0 bridgehead atoms. The molecule has 0 saturated heterocycles. The second-order valence-corrected chi connectivity index (χ2v) is 13.1. The average Bonchev–Trinajstić information content (AvgIpc) is 2.94. The molecule has 36 heavy (non-hydrogen) atoms. The molecule has 0 saturated carbocycles. The highest BCUT2D eigenvalue weighted by molar-refractivity contribution is 7.95. The molecule has 174 valence electrons. The Labute approximate surface area is 214 Å². The quantitative estimate of drug-likeness (QED) is 0.149. The predicted octanol–water partition coefficient (Wildman–Crippen LogP) is 6.72. The zero-order chi connectivity index (χ0) is 24.7. The number of nitrogens with zero attached hydrogens (tertiary/aromatic N) is 1. The van der Waals surface area contributed by atoms with Crippen molar-refractivity contribution in [1.29, 1.82) is 0 Å². The van der Waals surface area contributed by atoms with E-state index in [4.69, 9.17) is 0 Å². The molecule has 1 heterocycles. The molecule has 5 aromatic carbocycles. The van der Waals surface area contributed by atoms with Crippen LogP contribution in [0, 0.1) is 6.92 Å². The fraction of sp³-hybridized carbons (Fsp3) is 0.0882. The van der Waals surface area contributed by atoms with Crippen LogP contribution in [-0.4, -0.2) is 6.66 Å². The Morgan fingerprint density at radius 2 is 1.06 bits per heavy atom. The van der Waals surface area contributed by atoms with Gasteiger partial charge >= 0.3 is 0 Å². The summed E-state index contributed by atoms with van der Waals surface area (Å²) in [5.41, 5.74) is 5.17. The maximum absolute atomic E-state index is 2.48. The summed E-state index contributed by atoms with van der Waals surface area (Å²) in [5, 5.41) is 8.11. The van der Waals surface area contributed by atoms with Gasteiger partial charge in [-0.1, -0.05) is 78.9 Å². The summed E-state index contributed by atoms with van der Waals surface area (Å²) in [6.45, 7) is 4.69. The third-order valence-corrected chi connectivity index (χ3v) is 11.6. The second-order valence-electron chi connectivity index (χ2n) is 9.62. The highest BCUT2D eigenvalue weighted by Crippen LogP contribution is 2.53. The van der Waals surface area contributed by atoms with Gasteiger partial charge in [0.25, 0.3) is 5.52 Å². The first-order valence-electron chi connectivity index (χ1n) is 12.5. The van der Waals surface area contributed by atoms with E-state index in [1.54, 1.807) is 0 Å². The molecule has 0 aliphatic carbocycles. The topological polar surface area (TPSA) is 3.88 Å². The number of pyridine rings is 1. The zero-order valence-electron chi connectivity index (χ0n) is 21.0. The molecule has 6 aromatic rings. The lowest BCUT2D eigenvalue weighted by Crippen LogP contribution is -2.40. The van der Waals surface area contributed by atoms with Crippen LogP contribution in [0.4, 0.5) is 0 Å². The third kappa shape index (κ3) is 3.47. The first-order valence-corrected chi connectivity index (χ1v) is 14.7. The van der Waals surface area contributed by atoms with E-state index in [2.05, 4.69) is 153 Å². The maximum Gasteiger partial charge on any atom is 0.256 e. The molecule has 1 aromatic heterocycles. The van der Waals surface area contributed by atoms with Gasteiger partial charge in [0.05, 0.1) is 17.4 Å². The minimum atomic E-state index is -1.92. The zero-order valence-corrected chi connectivity index (χ0v) is 21.9. The van der Waals surface area contributed by atoms with Crippen molar-refractivity contribution in [1.82, 2.24) is 0 Å². The van der Waals surface area contributed by atoms with Gasteiger partial charge in [-0.15, -0.1) is 0 Å². The monoisotopic (exact) mass is 483 g/mol. The average molecular weight is 484 g/mol. The first-order chi connectivity index (χ1) is 17.6. The Bertz CT molecular complexity index is 1670.